The van der Waals surface area contributed by atoms with Gasteiger partial charge in [-0.3, -0.25) is 9.00 Å². The van der Waals surface area contributed by atoms with Crippen molar-refractivity contribution in [1.29, 1.82) is 0 Å². The molecule has 1 atom stereocenters. The van der Waals surface area contributed by atoms with Gasteiger partial charge in [0, 0.05) is 18.0 Å². The number of methoxy groups -OCH3 is 1. The monoisotopic (exact) mass is 480 g/mol. The summed E-state index contributed by atoms with van der Waals surface area (Å²) in [6, 6.07) is 21.2. The maximum atomic E-state index is 12.6. The van der Waals surface area contributed by atoms with Crippen molar-refractivity contribution in [2.24, 2.45) is 5.92 Å². The van der Waals surface area contributed by atoms with Crippen LogP contribution in [-0.2, 0) is 23.0 Å². The first-order valence-electron chi connectivity index (χ1n) is 11.8. The van der Waals surface area contributed by atoms with Crippen LogP contribution in [0.1, 0.15) is 34.7 Å². The van der Waals surface area contributed by atoms with Gasteiger partial charge in [0.2, 0.25) is 0 Å². The Morgan fingerprint density at radius 1 is 1.06 bits per heavy atom. The third kappa shape index (κ3) is 6.81. The second-order valence-corrected chi connectivity index (χ2v) is 10.1. The van der Waals surface area contributed by atoms with Gasteiger partial charge in [-0.1, -0.05) is 30.3 Å². The lowest BCUT2D eigenvalue weighted by atomic mass is 9.90. The van der Waals surface area contributed by atoms with Crippen LogP contribution in [-0.4, -0.2) is 48.3 Å². The molecule has 1 amide bonds. The van der Waals surface area contributed by atoms with Gasteiger partial charge in [-0.15, -0.1) is 0 Å². The van der Waals surface area contributed by atoms with Gasteiger partial charge in [-0.25, -0.2) is 0 Å². The Balaban J connectivity index is 1.17. The molecule has 1 aliphatic heterocycles. The van der Waals surface area contributed by atoms with Crippen LogP contribution in [0.3, 0.4) is 0 Å². The second kappa shape index (κ2) is 12.0. The number of carbonyl (C=O) groups excluding carboxylic acids is 1. The van der Waals surface area contributed by atoms with Crippen molar-refractivity contribution in [2.75, 3.05) is 33.3 Å². The van der Waals surface area contributed by atoms with Crippen LogP contribution < -0.4 is 10.1 Å². The second-order valence-electron chi connectivity index (χ2n) is 8.66. The van der Waals surface area contributed by atoms with Gasteiger partial charge in [-0.2, -0.15) is 0 Å². The van der Waals surface area contributed by atoms with Gasteiger partial charge < -0.3 is 19.4 Å². The lowest BCUT2D eigenvalue weighted by Crippen LogP contribution is -2.39. The molecule has 7 heteroatoms. The van der Waals surface area contributed by atoms with Crippen LogP contribution in [0.15, 0.2) is 76.0 Å². The zero-order valence-corrected chi connectivity index (χ0v) is 20.4. The van der Waals surface area contributed by atoms with Gasteiger partial charge in [0.05, 0.1) is 23.7 Å². The Morgan fingerprint density at radius 2 is 1.79 bits per heavy atom. The van der Waals surface area contributed by atoms with Crippen LogP contribution in [0.25, 0.3) is 0 Å². The standard InChI is InChI=1S/C27H32N2O4S/c1-32-23-7-10-25(11-8-23)34(31)20-24-9-12-26(33-24)27(30)28-15-18-29-16-13-22(14-17-29)19-21-5-3-2-4-6-21/h2-12,22H,13-20H2,1H3,(H,28,30)/t34-/m1/s1. The summed E-state index contributed by atoms with van der Waals surface area (Å²) in [5.74, 6) is 2.22. The Kier molecular flexibility index (Phi) is 8.55. The highest BCUT2D eigenvalue weighted by Crippen LogP contribution is 2.21. The minimum atomic E-state index is -1.26. The van der Waals surface area contributed by atoms with E-state index in [2.05, 4.69) is 40.5 Å². The summed E-state index contributed by atoms with van der Waals surface area (Å²) in [7, 11) is 0.336. The zero-order chi connectivity index (χ0) is 23.8. The lowest BCUT2D eigenvalue weighted by Gasteiger charge is -2.32. The van der Waals surface area contributed by atoms with E-state index in [1.54, 1.807) is 43.5 Å². The fourth-order valence-corrected chi connectivity index (χ4v) is 5.31. The van der Waals surface area contributed by atoms with Crippen LogP contribution in [0.2, 0.25) is 0 Å². The fourth-order valence-electron chi connectivity index (χ4n) is 4.29. The summed E-state index contributed by atoms with van der Waals surface area (Å²) in [6.45, 7) is 3.54. The molecule has 6 nitrogen and oxygen atoms in total. The summed E-state index contributed by atoms with van der Waals surface area (Å²) >= 11 is 0. The van der Waals surface area contributed by atoms with E-state index in [1.165, 1.54) is 18.4 Å². The molecule has 0 saturated carbocycles. The molecular weight excluding hydrogens is 448 g/mol. The number of rotatable bonds is 10. The van der Waals surface area contributed by atoms with Crippen molar-refractivity contribution in [1.82, 2.24) is 10.2 Å². The van der Waals surface area contributed by atoms with E-state index in [9.17, 15) is 9.00 Å². The third-order valence-electron chi connectivity index (χ3n) is 6.27. The van der Waals surface area contributed by atoms with Crippen molar-refractivity contribution >= 4 is 16.7 Å². The summed E-state index contributed by atoms with van der Waals surface area (Å²) in [6.07, 6.45) is 3.53. The molecule has 1 aromatic heterocycles. The molecule has 2 aromatic carbocycles. The molecule has 0 unspecified atom stereocenters. The number of benzene rings is 2. The predicted molar refractivity (Wildman–Crippen MR) is 133 cm³/mol. The van der Waals surface area contributed by atoms with Crippen molar-refractivity contribution in [2.45, 2.75) is 29.9 Å². The zero-order valence-electron chi connectivity index (χ0n) is 19.6. The van der Waals surface area contributed by atoms with E-state index >= 15 is 0 Å². The molecule has 1 fully saturated rings. The first kappa shape index (κ1) is 24.2. The minimum Gasteiger partial charge on any atom is -0.497 e. The predicted octanol–water partition coefficient (Wildman–Crippen LogP) is 4.28. The topological polar surface area (TPSA) is 71.8 Å². The highest BCUT2D eigenvalue weighted by molar-refractivity contribution is 7.84. The molecule has 0 radical (unpaired) electrons. The molecule has 4 rings (SSSR count). The first-order chi connectivity index (χ1) is 16.6. The highest BCUT2D eigenvalue weighted by Gasteiger charge is 2.20. The van der Waals surface area contributed by atoms with Gasteiger partial charge in [-0.05, 0) is 80.2 Å². The normalized spacial score (nSPS) is 15.7. The van der Waals surface area contributed by atoms with Crippen LogP contribution in [0, 0.1) is 5.92 Å². The maximum Gasteiger partial charge on any atom is 0.287 e. The SMILES string of the molecule is COc1ccc([S@](=O)Cc2ccc(C(=O)NCCN3CCC(Cc4ccccc4)CC3)o2)cc1. The number of nitrogens with one attached hydrogen (secondary N) is 1. The number of amides is 1. The summed E-state index contributed by atoms with van der Waals surface area (Å²) in [4.78, 5) is 15.6. The molecular formula is C27H32N2O4S. The van der Waals surface area contributed by atoms with Crippen molar-refractivity contribution in [3.63, 3.8) is 0 Å². The average Bonchev–Trinajstić information content (AvgIpc) is 3.34. The van der Waals surface area contributed by atoms with Crippen molar-refractivity contribution < 1.29 is 18.2 Å². The van der Waals surface area contributed by atoms with Crippen LogP contribution in [0.5, 0.6) is 5.75 Å². The molecule has 2 heterocycles. The van der Waals surface area contributed by atoms with E-state index in [4.69, 9.17) is 9.15 Å². The summed E-state index contributed by atoms with van der Waals surface area (Å²) in [5.41, 5.74) is 1.42. The maximum absolute atomic E-state index is 12.6. The van der Waals surface area contributed by atoms with Gasteiger partial charge in [0.1, 0.15) is 11.5 Å². The summed E-state index contributed by atoms with van der Waals surface area (Å²) in [5, 5.41) is 2.94. The third-order valence-corrected chi connectivity index (χ3v) is 7.61. The minimum absolute atomic E-state index is 0.220. The van der Waals surface area contributed by atoms with Gasteiger partial charge in [0.15, 0.2) is 5.76 Å². The molecule has 180 valence electrons. The number of hydrogen-bond acceptors (Lipinski definition) is 5. The highest BCUT2D eigenvalue weighted by atomic mass is 32.2. The molecule has 1 saturated heterocycles. The summed E-state index contributed by atoms with van der Waals surface area (Å²) < 4.78 is 23.4. The lowest BCUT2D eigenvalue weighted by molar-refractivity contribution is 0.0915. The molecule has 1 N–H and O–H groups in total. The number of ether oxygens (including phenoxy) is 1. The molecule has 1 aliphatic rings. The smallest absolute Gasteiger partial charge is 0.287 e. The number of piperidine rings is 1. The van der Waals surface area contributed by atoms with Crippen molar-refractivity contribution in [3.8, 4) is 5.75 Å². The number of likely N-dealkylation sites (tertiary alicyclic amines) is 1. The fraction of sp³-hybridized carbons (Fsp3) is 0.370. The molecule has 0 bridgehead atoms. The molecule has 3 aromatic rings. The van der Waals surface area contributed by atoms with E-state index in [-0.39, 0.29) is 17.4 Å². The largest absolute Gasteiger partial charge is 0.497 e. The van der Waals surface area contributed by atoms with Gasteiger partial charge >= 0.3 is 0 Å². The Morgan fingerprint density at radius 3 is 2.50 bits per heavy atom. The Labute approximate surface area is 203 Å². The number of carbonyl (C=O) groups is 1. The van der Waals surface area contributed by atoms with E-state index in [0.717, 1.165) is 32.0 Å². The van der Waals surface area contributed by atoms with Crippen LogP contribution >= 0.6 is 0 Å². The number of hydrogen-bond donors (Lipinski definition) is 1. The van der Waals surface area contributed by atoms with E-state index in [1.807, 2.05) is 0 Å². The Bertz CT molecular complexity index is 1070. The average molecular weight is 481 g/mol. The number of furan rings is 1. The van der Waals surface area contributed by atoms with Crippen molar-refractivity contribution in [3.05, 3.63) is 83.8 Å². The number of nitrogens with zero attached hydrogens (tertiary/aromatic N) is 1. The quantitative estimate of drug-likeness (QED) is 0.469. The Hall–Kier alpha value is -2.90. The van der Waals surface area contributed by atoms with Crippen LogP contribution in [0.4, 0.5) is 0 Å². The molecule has 0 aliphatic carbocycles. The molecule has 34 heavy (non-hydrogen) atoms. The first-order valence-corrected chi connectivity index (χ1v) is 13.1. The van der Waals surface area contributed by atoms with E-state index in [0.29, 0.717) is 22.9 Å². The van der Waals surface area contributed by atoms with E-state index < -0.39 is 10.8 Å². The molecule has 0 spiro atoms. The van der Waals surface area contributed by atoms with Gasteiger partial charge in [0.25, 0.3) is 5.91 Å².